The van der Waals surface area contributed by atoms with Crippen LogP contribution in [0.15, 0.2) is 0 Å². The minimum atomic E-state index is -3.31. The molecule has 0 N–H and O–H groups in total. The molecule has 5 nitrogen and oxygen atoms in total. The van der Waals surface area contributed by atoms with Gasteiger partial charge in [-0.25, -0.2) is 0 Å². The van der Waals surface area contributed by atoms with Crippen LogP contribution >= 0.6 is 0 Å². The van der Waals surface area contributed by atoms with Crippen LogP contribution in [0.25, 0.3) is 0 Å². The molecule has 2 aliphatic heterocycles. The topological polar surface area (TPSA) is 43.9 Å². The summed E-state index contributed by atoms with van der Waals surface area (Å²) in [5.74, 6) is 0. The molecule has 6 heteroatoms. The Bertz CT molecular complexity index is 462. The van der Waals surface area contributed by atoms with Gasteiger partial charge in [-0.15, -0.1) is 0 Å². The van der Waals surface area contributed by atoms with Crippen molar-refractivity contribution in [1.29, 1.82) is 0 Å². The van der Waals surface area contributed by atoms with E-state index in [9.17, 15) is 8.42 Å². The quantitative estimate of drug-likeness (QED) is 0.796. The zero-order valence-corrected chi connectivity index (χ0v) is 14.2. The van der Waals surface area contributed by atoms with Gasteiger partial charge in [-0.05, 0) is 39.2 Å². The van der Waals surface area contributed by atoms with Gasteiger partial charge >= 0.3 is 0 Å². The third-order valence-corrected chi connectivity index (χ3v) is 7.76. The van der Waals surface area contributed by atoms with E-state index in [2.05, 4.69) is 11.8 Å². The van der Waals surface area contributed by atoms with E-state index in [4.69, 9.17) is 0 Å². The van der Waals surface area contributed by atoms with Crippen molar-refractivity contribution in [3.8, 4) is 0 Å². The van der Waals surface area contributed by atoms with Gasteiger partial charge in [0.1, 0.15) is 0 Å². The lowest BCUT2D eigenvalue weighted by atomic mass is 9.96. The molecule has 0 bridgehead atoms. The minimum absolute atomic E-state index is 0.0930. The monoisotopic (exact) mass is 315 g/mol. The van der Waals surface area contributed by atoms with Crippen LogP contribution in [0.1, 0.15) is 51.9 Å². The Balaban J connectivity index is 1.73. The molecule has 0 aromatic heterocycles. The van der Waals surface area contributed by atoms with Gasteiger partial charge in [0.05, 0.1) is 0 Å². The summed E-state index contributed by atoms with van der Waals surface area (Å²) in [6, 6.07) is 0.740. The summed E-state index contributed by atoms with van der Waals surface area (Å²) in [6.45, 7) is 4.77. The Kier molecular flexibility index (Phi) is 4.60. The third-order valence-electron chi connectivity index (χ3n) is 5.63. The Morgan fingerprint density at radius 3 is 2.43 bits per heavy atom. The Labute approximate surface area is 129 Å². The first-order chi connectivity index (χ1) is 10.00. The van der Waals surface area contributed by atoms with Crippen LogP contribution in [0.4, 0.5) is 0 Å². The number of hydrogen-bond acceptors (Lipinski definition) is 3. The highest BCUT2D eigenvalue weighted by Crippen LogP contribution is 2.30. The van der Waals surface area contributed by atoms with Crippen molar-refractivity contribution in [2.75, 3.05) is 26.7 Å². The second-order valence-electron chi connectivity index (χ2n) is 7.03. The largest absolute Gasteiger partial charge is 0.297 e. The SMILES string of the molecule is C[C@H]1CN2CCC[C@H]2CN1S(=O)(=O)N(C)C1CCCCC1. The van der Waals surface area contributed by atoms with Gasteiger partial charge in [0.25, 0.3) is 10.2 Å². The molecule has 0 aromatic rings. The van der Waals surface area contributed by atoms with Gasteiger partial charge in [-0.2, -0.15) is 17.0 Å². The lowest BCUT2D eigenvalue weighted by Crippen LogP contribution is -2.60. The maximum absolute atomic E-state index is 13.0. The molecule has 0 amide bonds. The van der Waals surface area contributed by atoms with Crippen LogP contribution in [-0.2, 0) is 10.2 Å². The number of fused-ring (bicyclic) bond motifs is 1. The Morgan fingerprint density at radius 2 is 1.71 bits per heavy atom. The molecule has 0 unspecified atom stereocenters. The highest BCUT2D eigenvalue weighted by Gasteiger charge is 2.42. The summed E-state index contributed by atoms with van der Waals surface area (Å²) in [4.78, 5) is 2.47. The van der Waals surface area contributed by atoms with E-state index in [1.165, 1.54) is 12.8 Å². The van der Waals surface area contributed by atoms with E-state index in [0.717, 1.165) is 45.2 Å². The predicted octanol–water partition coefficient (Wildman–Crippen LogP) is 1.66. The fourth-order valence-electron chi connectivity index (χ4n) is 4.28. The molecule has 21 heavy (non-hydrogen) atoms. The molecule has 3 rings (SSSR count). The van der Waals surface area contributed by atoms with Crippen molar-refractivity contribution in [3.05, 3.63) is 0 Å². The zero-order valence-electron chi connectivity index (χ0n) is 13.4. The highest BCUT2D eigenvalue weighted by atomic mass is 32.2. The second-order valence-corrected chi connectivity index (χ2v) is 8.97. The molecule has 122 valence electrons. The molecule has 3 aliphatic rings. The molecule has 2 atom stereocenters. The molecular formula is C15H29N3O2S. The first-order valence-corrected chi connectivity index (χ1v) is 9.88. The first-order valence-electron chi connectivity index (χ1n) is 8.49. The van der Waals surface area contributed by atoms with Crippen LogP contribution < -0.4 is 0 Å². The van der Waals surface area contributed by atoms with Crippen LogP contribution in [0.2, 0.25) is 0 Å². The van der Waals surface area contributed by atoms with E-state index < -0.39 is 10.2 Å². The molecule has 3 fully saturated rings. The second kappa shape index (κ2) is 6.14. The summed E-state index contributed by atoms with van der Waals surface area (Å²) >= 11 is 0. The fraction of sp³-hybridized carbons (Fsp3) is 1.00. The molecule has 2 heterocycles. The van der Waals surface area contributed by atoms with Crippen LogP contribution in [0.3, 0.4) is 0 Å². The molecule has 0 aromatic carbocycles. The lowest BCUT2D eigenvalue weighted by Gasteiger charge is -2.44. The predicted molar refractivity (Wildman–Crippen MR) is 84.3 cm³/mol. The molecule has 1 aliphatic carbocycles. The number of nitrogens with zero attached hydrogens (tertiary/aromatic N) is 3. The average Bonchev–Trinajstić information content (AvgIpc) is 2.93. The summed E-state index contributed by atoms with van der Waals surface area (Å²) in [6.07, 6.45) is 7.98. The zero-order chi connectivity index (χ0) is 15.0. The van der Waals surface area contributed by atoms with E-state index >= 15 is 0 Å². The van der Waals surface area contributed by atoms with Gasteiger partial charge in [0.2, 0.25) is 0 Å². The van der Waals surface area contributed by atoms with Gasteiger partial charge in [0, 0.05) is 38.3 Å². The van der Waals surface area contributed by atoms with Crippen molar-refractivity contribution in [1.82, 2.24) is 13.5 Å². The number of hydrogen-bond donors (Lipinski definition) is 0. The van der Waals surface area contributed by atoms with E-state index in [1.807, 2.05) is 0 Å². The van der Waals surface area contributed by atoms with Crippen LogP contribution in [0.5, 0.6) is 0 Å². The molecule has 2 saturated heterocycles. The Morgan fingerprint density at radius 1 is 1.00 bits per heavy atom. The minimum Gasteiger partial charge on any atom is -0.297 e. The first kappa shape index (κ1) is 15.7. The molecule has 0 spiro atoms. The van der Waals surface area contributed by atoms with Crippen molar-refractivity contribution < 1.29 is 8.42 Å². The highest BCUT2D eigenvalue weighted by molar-refractivity contribution is 7.86. The normalized spacial score (nSPS) is 33.5. The van der Waals surface area contributed by atoms with E-state index in [-0.39, 0.29) is 12.1 Å². The fourth-order valence-corrected chi connectivity index (χ4v) is 6.08. The summed E-state index contributed by atoms with van der Waals surface area (Å²) in [5.41, 5.74) is 0. The standard InChI is InChI=1S/C15H29N3O2S/c1-13-11-17-10-6-9-15(17)12-18(13)21(19,20)16(2)14-7-4-3-5-8-14/h13-15H,3-12H2,1-2H3/t13-,15-/m0/s1. The van der Waals surface area contributed by atoms with Crippen molar-refractivity contribution in [2.45, 2.75) is 70.0 Å². The molecular weight excluding hydrogens is 286 g/mol. The van der Waals surface area contributed by atoms with Crippen LogP contribution in [-0.4, -0.2) is 66.7 Å². The number of piperazine rings is 1. The van der Waals surface area contributed by atoms with Crippen molar-refractivity contribution in [3.63, 3.8) is 0 Å². The van der Waals surface area contributed by atoms with Gasteiger partial charge in [-0.3, -0.25) is 4.90 Å². The maximum atomic E-state index is 13.0. The third kappa shape index (κ3) is 3.00. The number of rotatable bonds is 3. The van der Waals surface area contributed by atoms with E-state index in [0.29, 0.717) is 12.6 Å². The Hall–Kier alpha value is -0.170. The smallest absolute Gasteiger partial charge is 0.282 e. The van der Waals surface area contributed by atoms with Gasteiger partial charge < -0.3 is 0 Å². The van der Waals surface area contributed by atoms with Crippen LogP contribution in [0, 0.1) is 0 Å². The summed E-state index contributed by atoms with van der Waals surface area (Å²) < 4.78 is 29.5. The summed E-state index contributed by atoms with van der Waals surface area (Å²) in [5, 5.41) is 0. The van der Waals surface area contributed by atoms with Crippen molar-refractivity contribution >= 4 is 10.2 Å². The van der Waals surface area contributed by atoms with Crippen molar-refractivity contribution in [2.24, 2.45) is 0 Å². The maximum Gasteiger partial charge on any atom is 0.282 e. The lowest BCUT2D eigenvalue weighted by molar-refractivity contribution is 0.109. The van der Waals surface area contributed by atoms with Gasteiger partial charge in [-0.1, -0.05) is 19.3 Å². The van der Waals surface area contributed by atoms with E-state index in [1.54, 1.807) is 15.7 Å². The molecule has 0 radical (unpaired) electrons. The molecule has 1 saturated carbocycles. The van der Waals surface area contributed by atoms with Gasteiger partial charge in [0.15, 0.2) is 0 Å². The summed E-state index contributed by atoms with van der Waals surface area (Å²) in [7, 11) is -1.52. The average molecular weight is 315 g/mol.